The van der Waals surface area contributed by atoms with E-state index in [4.69, 9.17) is 9.63 Å². The maximum Gasteiger partial charge on any atom is 0.335 e. The van der Waals surface area contributed by atoms with Gasteiger partial charge in [-0.3, -0.25) is 0 Å². The molecule has 0 aliphatic carbocycles. The smallest absolute Gasteiger partial charge is 0.335 e. The zero-order valence-corrected chi connectivity index (χ0v) is 10.7. The van der Waals surface area contributed by atoms with Crippen molar-refractivity contribution in [3.8, 4) is 0 Å². The average molecular weight is 275 g/mol. The van der Waals surface area contributed by atoms with E-state index >= 15 is 0 Å². The second-order valence-electron chi connectivity index (χ2n) is 4.12. The lowest BCUT2D eigenvalue weighted by atomic mass is 10.2. The van der Waals surface area contributed by atoms with Crippen LogP contribution in [0.25, 0.3) is 0 Å². The highest BCUT2D eigenvalue weighted by molar-refractivity contribution is 5.91. The first-order valence-corrected chi connectivity index (χ1v) is 5.85. The lowest BCUT2D eigenvalue weighted by Crippen LogP contribution is -2.28. The molecule has 3 N–H and O–H groups in total. The number of hydrogen-bond donors (Lipinski definition) is 3. The Morgan fingerprint density at radius 3 is 2.55 bits per heavy atom. The molecule has 0 aliphatic rings. The lowest BCUT2D eigenvalue weighted by molar-refractivity contribution is 0.0697. The Morgan fingerprint density at radius 2 is 2.00 bits per heavy atom. The molecule has 104 valence electrons. The summed E-state index contributed by atoms with van der Waals surface area (Å²) >= 11 is 0. The van der Waals surface area contributed by atoms with Crippen molar-refractivity contribution in [2.45, 2.75) is 13.5 Å². The van der Waals surface area contributed by atoms with Crippen LogP contribution in [0.1, 0.15) is 21.8 Å². The Kier molecular flexibility index (Phi) is 3.99. The van der Waals surface area contributed by atoms with Gasteiger partial charge < -0.3 is 20.3 Å². The van der Waals surface area contributed by atoms with Gasteiger partial charge in [0.15, 0.2) is 5.76 Å². The van der Waals surface area contributed by atoms with Crippen LogP contribution in [0.2, 0.25) is 0 Å². The number of aromatic nitrogens is 1. The lowest BCUT2D eigenvalue weighted by Gasteiger charge is -2.06. The second kappa shape index (κ2) is 5.87. The minimum Gasteiger partial charge on any atom is -0.478 e. The number of carboxylic acid groups (broad SMARTS) is 1. The van der Waals surface area contributed by atoms with Crippen LogP contribution < -0.4 is 10.6 Å². The molecule has 0 aliphatic heterocycles. The maximum atomic E-state index is 11.6. The van der Waals surface area contributed by atoms with Crippen molar-refractivity contribution < 1.29 is 19.2 Å². The maximum absolute atomic E-state index is 11.6. The number of anilines is 1. The third kappa shape index (κ3) is 3.58. The van der Waals surface area contributed by atoms with Crippen LogP contribution in [0.15, 0.2) is 34.9 Å². The van der Waals surface area contributed by atoms with Crippen LogP contribution in [-0.2, 0) is 6.54 Å². The Balaban J connectivity index is 1.86. The summed E-state index contributed by atoms with van der Waals surface area (Å²) in [6.45, 7) is 2.01. The Labute approximate surface area is 114 Å². The SMILES string of the molecule is Cc1cc(CNC(=O)Nc2ccc(C(=O)O)cc2)on1. The number of amides is 2. The summed E-state index contributed by atoms with van der Waals surface area (Å²) in [4.78, 5) is 22.3. The van der Waals surface area contributed by atoms with Gasteiger partial charge in [-0.2, -0.15) is 0 Å². The van der Waals surface area contributed by atoms with Crippen LogP contribution in [0, 0.1) is 6.92 Å². The van der Waals surface area contributed by atoms with Gasteiger partial charge >= 0.3 is 12.0 Å². The number of aromatic carboxylic acids is 1. The summed E-state index contributed by atoms with van der Waals surface area (Å²) in [5, 5.41) is 17.6. The molecule has 2 aromatic rings. The van der Waals surface area contributed by atoms with Gasteiger partial charge in [-0.25, -0.2) is 9.59 Å². The van der Waals surface area contributed by atoms with E-state index in [0.717, 1.165) is 5.69 Å². The Hall–Kier alpha value is -2.83. The van der Waals surface area contributed by atoms with E-state index in [1.807, 2.05) is 0 Å². The zero-order chi connectivity index (χ0) is 14.5. The van der Waals surface area contributed by atoms with E-state index in [0.29, 0.717) is 11.4 Å². The number of urea groups is 1. The van der Waals surface area contributed by atoms with Crippen molar-refractivity contribution in [3.05, 3.63) is 47.3 Å². The number of rotatable bonds is 4. The highest BCUT2D eigenvalue weighted by Crippen LogP contribution is 2.09. The zero-order valence-electron chi connectivity index (χ0n) is 10.7. The second-order valence-corrected chi connectivity index (χ2v) is 4.12. The molecule has 7 heteroatoms. The van der Waals surface area contributed by atoms with Crippen molar-refractivity contribution in [2.75, 3.05) is 5.32 Å². The molecule has 1 aromatic heterocycles. The van der Waals surface area contributed by atoms with E-state index in [-0.39, 0.29) is 12.1 Å². The van der Waals surface area contributed by atoms with Crippen LogP contribution >= 0.6 is 0 Å². The topological polar surface area (TPSA) is 104 Å². The summed E-state index contributed by atoms with van der Waals surface area (Å²) < 4.78 is 4.95. The highest BCUT2D eigenvalue weighted by atomic mass is 16.5. The quantitative estimate of drug-likeness (QED) is 0.791. The van der Waals surface area contributed by atoms with Gasteiger partial charge in [0.2, 0.25) is 0 Å². The van der Waals surface area contributed by atoms with Gasteiger partial charge in [0.05, 0.1) is 17.8 Å². The number of carbonyl (C=O) groups is 2. The van der Waals surface area contributed by atoms with Crippen LogP contribution in [-0.4, -0.2) is 22.3 Å². The van der Waals surface area contributed by atoms with Gasteiger partial charge in [0.25, 0.3) is 0 Å². The first kappa shape index (κ1) is 13.6. The van der Waals surface area contributed by atoms with Gasteiger partial charge in [0, 0.05) is 11.8 Å². The van der Waals surface area contributed by atoms with Gasteiger partial charge in [-0.1, -0.05) is 5.16 Å². The molecule has 0 atom stereocenters. The van der Waals surface area contributed by atoms with Gasteiger partial charge in [0.1, 0.15) is 0 Å². The largest absolute Gasteiger partial charge is 0.478 e. The molecule has 0 radical (unpaired) electrons. The fraction of sp³-hybridized carbons (Fsp3) is 0.154. The molecule has 0 spiro atoms. The molecule has 1 aromatic carbocycles. The highest BCUT2D eigenvalue weighted by Gasteiger charge is 2.06. The Morgan fingerprint density at radius 1 is 1.30 bits per heavy atom. The molecule has 20 heavy (non-hydrogen) atoms. The average Bonchev–Trinajstić information content (AvgIpc) is 2.83. The summed E-state index contributed by atoms with van der Waals surface area (Å²) in [6, 6.07) is 7.17. The van der Waals surface area contributed by atoms with Crippen molar-refractivity contribution in [1.29, 1.82) is 0 Å². The van der Waals surface area contributed by atoms with E-state index in [2.05, 4.69) is 15.8 Å². The number of hydrogen-bond acceptors (Lipinski definition) is 4. The van der Waals surface area contributed by atoms with Crippen molar-refractivity contribution in [3.63, 3.8) is 0 Å². The van der Waals surface area contributed by atoms with Gasteiger partial charge in [-0.15, -0.1) is 0 Å². The minimum atomic E-state index is -1.01. The van der Waals surface area contributed by atoms with Crippen LogP contribution in [0.4, 0.5) is 10.5 Å². The van der Waals surface area contributed by atoms with Crippen LogP contribution in [0.5, 0.6) is 0 Å². The van der Waals surface area contributed by atoms with E-state index < -0.39 is 12.0 Å². The van der Waals surface area contributed by atoms with E-state index in [1.165, 1.54) is 24.3 Å². The summed E-state index contributed by atoms with van der Waals surface area (Å²) in [6.07, 6.45) is 0. The summed E-state index contributed by atoms with van der Waals surface area (Å²) in [7, 11) is 0. The van der Waals surface area contributed by atoms with Crippen molar-refractivity contribution in [2.24, 2.45) is 0 Å². The van der Waals surface area contributed by atoms with Gasteiger partial charge in [-0.05, 0) is 31.2 Å². The number of benzene rings is 1. The predicted molar refractivity (Wildman–Crippen MR) is 70.5 cm³/mol. The molecule has 0 saturated carbocycles. The minimum absolute atomic E-state index is 0.160. The monoisotopic (exact) mass is 275 g/mol. The summed E-state index contributed by atoms with van der Waals surface area (Å²) in [5.41, 5.74) is 1.40. The number of carbonyl (C=O) groups excluding carboxylic acids is 1. The fourth-order valence-corrected chi connectivity index (χ4v) is 1.54. The molecule has 0 fully saturated rings. The number of carboxylic acids is 1. The van der Waals surface area contributed by atoms with E-state index in [1.54, 1.807) is 13.0 Å². The van der Waals surface area contributed by atoms with E-state index in [9.17, 15) is 9.59 Å². The molecular formula is C13H13N3O4. The Bertz CT molecular complexity index is 619. The van der Waals surface area contributed by atoms with Crippen molar-refractivity contribution in [1.82, 2.24) is 10.5 Å². The molecule has 2 rings (SSSR count). The van der Waals surface area contributed by atoms with Crippen molar-refractivity contribution >= 4 is 17.7 Å². The molecule has 2 amide bonds. The molecule has 0 bridgehead atoms. The number of aryl methyl sites for hydroxylation is 1. The molecule has 0 unspecified atom stereocenters. The third-order valence-electron chi connectivity index (χ3n) is 2.49. The molecule has 7 nitrogen and oxygen atoms in total. The molecular weight excluding hydrogens is 262 g/mol. The first-order valence-electron chi connectivity index (χ1n) is 5.85. The fourth-order valence-electron chi connectivity index (χ4n) is 1.54. The third-order valence-corrected chi connectivity index (χ3v) is 2.49. The van der Waals surface area contributed by atoms with Crippen LogP contribution in [0.3, 0.4) is 0 Å². The number of nitrogens with zero attached hydrogens (tertiary/aromatic N) is 1. The molecule has 1 heterocycles. The predicted octanol–water partition coefficient (Wildman–Crippen LogP) is 2.00. The number of nitrogens with one attached hydrogen (secondary N) is 2. The standard InChI is InChI=1S/C13H13N3O4/c1-8-6-11(20-16-8)7-14-13(19)15-10-4-2-9(3-5-10)12(17)18/h2-6H,7H2,1H3,(H,17,18)(H2,14,15,19). The summed E-state index contributed by atoms with van der Waals surface area (Å²) in [5.74, 6) is -0.458. The molecule has 0 saturated heterocycles. The first-order chi connectivity index (χ1) is 9.54. The normalized spacial score (nSPS) is 10.1.